The molecule has 0 saturated carbocycles. The first-order chi connectivity index (χ1) is 11.1. The fourth-order valence-electron chi connectivity index (χ4n) is 2.04. The van der Waals surface area contributed by atoms with Gasteiger partial charge in [-0.25, -0.2) is 4.39 Å². The quantitative estimate of drug-likeness (QED) is 0.297. The van der Waals surface area contributed by atoms with E-state index in [4.69, 9.17) is 12.2 Å². The Morgan fingerprint density at radius 3 is 2.54 bits per heavy atom. The molecule has 1 saturated heterocycles. The molecule has 1 fully saturated rings. The maximum atomic E-state index is 13.1. The maximum absolute atomic E-state index is 13.1. The van der Waals surface area contributed by atoms with E-state index < -0.39 is 40.5 Å². The molecule has 0 aliphatic carbocycles. The standard InChI is InChI=1S/C15H10F4N2O2S/c1-2-5-21-13(23)10(12(22)20-14(21)24)6-8-3-4-9(16)7-11(8)15(17,18)19/h2-4,6-7H,1,5H2,(H,20,22,24)/b10-6+. The van der Waals surface area contributed by atoms with E-state index in [1.54, 1.807) is 0 Å². The molecule has 0 atom stereocenters. The molecule has 4 nitrogen and oxygen atoms in total. The molecular weight excluding hydrogens is 348 g/mol. The van der Waals surface area contributed by atoms with Crippen LogP contribution in [0.3, 0.4) is 0 Å². The summed E-state index contributed by atoms with van der Waals surface area (Å²) in [4.78, 5) is 25.2. The number of nitrogens with one attached hydrogen (secondary N) is 1. The molecule has 9 heteroatoms. The van der Waals surface area contributed by atoms with Gasteiger partial charge in [0.25, 0.3) is 11.8 Å². The van der Waals surface area contributed by atoms with E-state index in [9.17, 15) is 27.2 Å². The molecule has 0 aromatic heterocycles. The SMILES string of the molecule is C=CCN1C(=O)/C(=C/c2ccc(F)cc2C(F)(F)F)C(=O)NC1=S. The minimum Gasteiger partial charge on any atom is -0.298 e. The molecule has 0 bridgehead atoms. The first kappa shape index (κ1) is 17.8. The molecule has 0 unspecified atom stereocenters. The number of carbonyl (C=O) groups is 2. The smallest absolute Gasteiger partial charge is 0.298 e. The van der Waals surface area contributed by atoms with Gasteiger partial charge in [-0.15, -0.1) is 6.58 Å². The van der Waals surface area contributed by atoms with Crippen molar-refractivity contribution in [2.75, 3.05) is 6.54 Å². The predicted octanol–water partition coefficient (Wildman–Crippen LogP) is 2.66. The number of halogens is 4. The second-order valence-corrected chi connectivity index (χ2v) is 5.14. The summed E-state index contributed by atoms with van der Waals surface area (Å²) in [7, 11) is 0. The Bertz CT molecular complexity index is 771. The Kier molecular flexibility index (Phi) is 4.83. The molecule has 2 rings (SSSR count). The number of benzene rings is 1. The van der Waals surface area contributed by atoms with Crippen molar-refractivity contribution in [1.29, 1.82) is 0 Å². The van der Waals surface area contributed by atoms with Crippen molar-refractivity contribution < 1.29 is 27.2 Å². The largest absolute Gasteiger partial charge is 0.417 e. The van der Waals surface area contributed by atoms with Crippen LogP contribution in [-0.2, 0) is 15.8 Å². The van der Waals surface area contributed by atoms with Crippen LogP contribution in [0.15, 0.2) is 36.4 Å². The minimum atomic E-state index is -4.85. The van der Waals surface area contributed by atoms with Gasteiger partial charge in [-0.05, 0) is 36.0 Å². The molecule has 1 aliphatic heterocycles. The number of rotatable bonds is 3. The highest BCUT2D eigenvalue weighted by Gasteiger charge is 2.36. The highest BCUT2D eigenvalue weighted by atomic mass is 32.1. The fourth-order valence-corrected chi connectivity index (χ4v) is 2.29. The van der Waals surface area contributed by atoms with Gasteiger partial charge in [0.2, 0.25) is 0 Å². The lowest BCUT2D eigenvalue weighted by Gasteiger charge is -2.28. The van der Waals surface area contributed by atoms with Gasteiger partial charge >= 0.3 is 6.18 Å². The Morgan fingerprint density at radius 1 is 1.29 bits per heavy atom. The van der Waals surface area contributed by atoms with Crippen LogP contribution in [0.1, 0.15) is 11.1 Å². The molecule has 1 aromatic carbocycles. The molecule has 1 N–H and O–H groups in total. The van der Waals surface area contributed by atoms with Crippen molar-refractivity contribution in [1.82, 2.24) is 10.2 Å². The van der Waals surface area contributed by atoms with Crippen LogP contribution < -0.4 is 5.32 Å². The molecule has 0 spiro atoms. The van der Waals surface area contributed by atoms with Crippen LogP contribution in [0.25, 0.3) is 6.08 Å². The zero-order valence-electron chi connectivity index (χ0n) is 12.0. The van der Waals surface area contributed by atoms with E-state index in [2.05, 4.69) is 11.9 Å². The average Bonchev–Trinajstić information content (AvgIpc) is 2.48. The maximum Gasteiger partial charge on any atom is 0.417 e. The zero-order valence-corrected chi connectivity index (χ0v) is 12.8. The van der Waals surface area contributed by atoms with Crippen molar-refractivity contribution in [3.05, 3.63) is 53.4 Å². The zero-order chi connectivity index (χ0) is 18.1. The summed E-state index contributed by atoms with van der Waals surface area (Å²) < 4.78 is 52.2. The summed E-state index contributed by atoms with van der Waals surface area (Å²) in [6, 6.07) is 1.94. The van der Waals surface area contributed by atoms with Crippen molar-refractivity contribution in [3.63, 3.8) is 0 Å². The lowest BCUT2D eigenvalue weighted by molar-refractivity contribution is -0.138. The van der Waals surface area contributed by atoms with Gasteiger partial charge < -0.3 is 0 Å². The number of hydrogen-bond donors (Lipinski definition) is 1. The third-order valence-corrected chi connectivity index (χ3v) is 3.44. The van der Waals surface area contributed by atoms with E-state index in [1.165, 1.54) is 6.08 Å². The van der Waals surface area contributed by atoms with E-state index in [0.717, 1.165) is 23.1 Å². The summed E-state index contributed by atoms with van der Waals surface area (Å²) >= 11 is 4.83. The van der Waals surface area contributed by atoms with E-state index in [0.29, 0.717) is 6.07 Å². The molecule has 0 radical (unpaired) electrons. The monoisotopic (exact) mass is 358 g/mol. The van der Waals surface area contributed by atoms with Gasteiger partial charge in [0, 0.05) is 6.54 Å². The Hall–Kier alpha value is -2.55. The summed E-state index contributed by atoms with van der Waals surface area (Å²) in [5, 5.41) is 2.04. The van der Waals surface area contributed by atoms with Crippen LogP contribution in [0.4, 0.5) is 17.6 Å². The number of nitrogens with zero attached hydrogens (tertiary/aromatic N) is 1. The topological polar surface area (TPSA) is 49.4 Å². The van der Waals surface area contributed by atoms with E-state index in [-0.39, 0.29) is 11.7 Å². The highest BCUT2D eigenvalue weighted by Crippen LogP contribution is 2.33. The lowest BCUT2D eigenvalue weighted by atomic mass is 10.0. The highest BCUT2D eigenvalue weighted by molar-refractivity contribution is 7.80. The second kappa shape index (κ2) is 6.52. The van der Waals surface area contributed by atoms with Crippen LogP contribution in [-0.4, -0.2) is 28.4 Å². The number of thiocarbonyl (C=S) groups is 1. The molecule has 126 valence electrons. The third-order valence-electron chi connectivity index (χ3n) is 3.12. The van der Waals surface area contributed by atoms with Crippen molar-refractivity contribution >= 4 is 35.2 Å². The summed E-state index contributed by atoms with van der Waals surface area (Å²) in [5.74, 6) is -2.87. The first-order valence-corrected chi connectivity index (χ1v) is 6.92. The fraction of sp³-hybridized carbons (Fsp3) is 0.133. The number of carbonyl (C=O) groups excluding carboxylic acids is 2. The van der Waals surface area contributed by atoms with Gasteiger partial charge in [0.05, 0.1) is 5.56 Å². The van der Waals surface area contributed by atoms with E-state index >= 15 is 0 Å². The number of hydrogen-bond acceptors (Lipinski definition) is 3. The van der Waals surface area contributed by atoms with Crippen LogP contribution in [0.2, 0.25) is 0 Å². The predicted molar refractivity (Wildman–Crippen MR) is 82.0 cm³/mol. The van der Waals surface area contributed by atoms with Gasteiger partial charge in [0.1, 0.15) is 11.4 Å². The van der Waals surface area contributed by atoms with Gasteiger partial charge in [0.15, 0.2) is 5.11 Å². The van der Waals surface area contributed by atoms with Gasteiger partial charge in [-0.2, -0.15) is 13.2 Å². The van der Waals surface area contributed by atoms with Crippen LogP contribution >= 0.6 is 12.2 Å². The summed E-state index contributed by atoms with van der Waals surface area (Å²) in [5.41, 5.74) is -2.34. The van der Waals surface area contributed by atoms with Gasteiger partial charge in [-0.3, -0.25) is 19.8 Å². The Morgan fingerprint density at radius 2 is 1.96 bits per heavy atom. The normalized spacial score (nSPS) is 17.2. The molecule has 1 aromatic rings. The lowest BCUT2D eigenvalue weighted by Crippen LogP contribution is -2.53. The number of alkyl halides is 3. The third kappa shape index (κ3) is 3.51. The Balaban J connectivity index is 2.54. The van der Waals surface area contributed by atoms with Gasteiger partial charge in [-0.1, -0.05) is 12.1 Å². The van der Waals surface area contributed by atoms with Crippen molar-refractivity contribution in [2.45, 2.75) is 6.18 Å². The molecule has 1 aliphatic rings. The van der Waals surface area contributed by atoms with Crippen LogP contribution in [0, 0.1) is 5.82 Å². The molecule has 1 heterocycles. The minimum absolute atomic E-state index is 0.0230. The molecule has 24 heavy (non-hydrogen) atoms. The van der Waals surface area contributed by atoms with E-state index in [1.807, 2.05) is 0 Å². The Labute approximate surface area is 139 Å². The van der Waals surface area contributed by atoms with Crippen molar-refractivity contribution in [3.8, 4) is 0 Å². The first-order valence-electron chi connectivity index (χ1n) is 6.51. The second-order valence-electron chi connectivity index (χ2n) is 4.75. The molecular formula is C15H10F4N2O2S. The number of amides is 2. The average molecular weight is 358 g/mol. The van der Waals surface area contributed by atoms with Crippen molar-refractivity contribution in [2.24, 2.45) is 0 Å². The van der Waals surface area contributed by atoms with Crippen LogP contribution in [0.5, 0.6) is 0 Å². The summed E-state index contributed by atoms with van der Waals surface area (Å²) in [6.45, 7) is 3.41. The molecule has 2 amide bonds. The summed E-state index contributed by atoms with van der Waals surface area (Å²) in [6.07, 6.45) is -2.74.